The van der Waals surface area contributed by atoms with Crippen molar-refractivity contribution in [1.29, 1.82) is 0 Å². The third kappa shape index (κ3) is 4.17. The van der Waals surface area contributed by atoms with Gasteiger partial charge in [0, 0.05) is 25.5 Å². The summed E-state index contributed by atoms with van der Waals surface area (Å²) < 4.78 is 47.6. The molecule has 1 aromatic heterocycles. The van der Waals surface area contributed by atoms with Crippen LogP contribution in [-0.4, -0.2) is 37.7 Å². The Hall–Kier alpha value is -1.38. The first-order valence-electron chi connectivity index (χ1n) is 4.54. The lowest BCUT2D eigenvalue weighted by Gasteiger charge is -2.06. The van der Waals surface area contributed by atoms with Crippen LogP contribution >= 0.6 is 0 Å². The van der Waals surface area contributed by atoms with Gasteiger partial charge in [-0.2, -0.15) is 18.3 Å². The quantitative estimate of drug-likeness (QED) is 0.861. The van der Waals surface area contributed by atoms with Crippen LogP contribution < -0.4 is 5.32 Å². The normalized spacial score (nSPS) is 13.4. The topological polar surface area (TPSA) is 64.0 Å². The standard InChI is InChI=1S/C8H10F3N3O2S/c1-14-4-2-6(13-14)7(15)12-3-5-17(16)8(9,10)11/h2,4H,3,5H2,1H3,(H,12,15). The second kappa shape index (κ2) is 5.30. The largest absolute Gasteiger partial charge is 0.471 e. The number of carbonyl (C=O) groups is 1. The van der Waals surface area contributed by atoms with Crippen LogP contribution in [0.5, 0.6) is 0 Å². The zero-order valence-electron chi connectivity index (χ0n) is 8.82. The molecule has 0 bridgehead atoms. The van der Waals surface area contributed by atoms with Crippen molar-refractivity contribution in [3.05, 3.63) is 18.0 Å². The molecule has 0 spiro atoms. The summed E-state index contributed by atoms with van der Waals surface area (Å²) in [5, 5.41) is 5.97. The van der Waals surface area contributed by atoms with Gasteiger partial charge in [0.2, 0.25) is 0 Å². The number of amides is 1. The van der Waals surface area contributed by atoms with Crippen molar-refractivity contribution in [2.75, 3.05) is 12.3 Å². The van der Waals surface area contributed by atoms with Gasteiger partial charge >= 0.3 is 5.51 Å². The Morgan fingerprint density at radius 2 is 2.24 bits per heavy atom. The number of hydrogen-bond acceptors (Lipinski definition) is 3. The Bertz CT molecular complexity index is 430. The number of carbonyl (C=O) groups excluding carboxylic acids is 1. The van der Waals surface area contributed by atoms with Crippen LogP contribution in [0.15, 0.2) is 12.3 Å². The lowest BCUT2D eigenvalue weighted by atomic mass is 10.4. The smallest absolute Gasteiger partial charge is 0.350 e. The van der Waals surface area contributed by atoms with Gasteiger partial charge in [-0.3, -0.25) is 13.7 Å². The van der Waals surface area contributed by atoms with E-state index in [1.807, 2.05) is 0 Å². The summed E-state index contributed by atoms with van der Waals surface area (Å²) in [5.41, 5.74) is -4.64. The predicted octanol–water partition coefficient (Wildman–Crippen LogP) is 0.418. The molecule has 1 atom stereocenters. The first kappa shape index (κ1) is 13.7. The molecule has 0 aromatic carbocycles. The fourth-order valence-corrected chi connectivity index (χ4v) is 1.52. The minimum atomic E-state index is -4.74. The van der Waals surface area contributed by atoms with E-state index in [1.54, 1.807) is 7.05 Å². The van der Waals surface area contributed by atoms with E-state index in [0.29, 0.717) is 0 Å². The Balaban J connectivity index is 2.38. The van der Waals surface area contributed by atoms with Gasteiger partial charge in [-0.15, -0.1) is 0 Å². The van der Waals surface area contributed by atoms with Gasteiger partial charge in [0.25, 0.3) is 5.91 Å². The molecule has 1 rings (SSSR count). The molecule has 1 N–H and O–H groups in total. The first-order chi connectivity index (χ1) is 7.80. The number of aromatic nitrogens is 2. The average molecular weight is 269 g/mol. The third-order valence-corrected chi connectivity index (χ3v) is 2.87. The second-order valence-electron chi connectivity index (χ2n) is 3.13. The van der Waals surface area contributed by atoms with Gasteiger partial charge in [0.05, 0.1) is 0 Å². The number of aryl methyl sites for hydroxylation is 1. The van der Waals surface area contributed by atoms with E-state index < -0.39 is 28.0 Å². The molecule has 1 amide bonds. The van der Waals surface area contributed by atoms with E-state index in [4.69, 9.17) is 0 Å². The highest BCUT2D eigenvalue weighted by atomic mass is 32.2. The van der Waals surface area contributed by atoms with Crippen molar-refractivity contribution in [1.82, 2.24) is 15.1 Å². The van der Waals surface area contributed by atoms with E-state index in [1.165, 1.54) is 16.9 Å². The van der Waals surface area contributed by atoms with E-state index in [9.17, 15) is 22.2 Å². The fraction of sp³-hybridized carbons (Fsp3) is 0.500. The number of rotatable bonds is 4. The van der Waals surface area contributed by atoms with Gasteiger partial charge in [0.1, 0.15) is 16.5 Å². The maximum atomic E-state index is 11.9. The molecule has 0 aliphatic rings. The van der Waals surface area contributed by atoms with E-state index in [2.05, 4.69) is 10.4 Å². The minimum Gasteiger partial charge on any atom is -0.350 e. The molecule has 1 unspecified atom stereocenters. The van der Waals surface area contributed by atoms with Crippen molar-refractivity contribution in [2.24, 2.45) is 7.05 Å². The number of halogens is 3. The van der Waals surface area contributed by atoms with Crippen molar-refractivity contribution < 1.29 is 22.2 Å². The van der Waals surface area contributed by atoms with Crippen molar-refractivity contribution in [3.63, 3.8) is 0 Å². The van der Waals surface area contributed by atoms with Crippen molar-refractivity contribution >= 4 is 16.7 Å². The predicted molar refractivity (Wildman–Crippen MR) is 54.6 cm³/mol. The van der Waals surface area contributed by atoms with Gasteiger partial charge in [-0.25, -0.2) is 0 Å². The van der Waals surface area contributed by atoms with Gasteiger partial charge < -0.3 is 5.32 Å². The van der Waals surface area contributed by atoms with E-state index in [0.717, 1.165) is 0 Å². The Morgan fingerprint density at radius 3 is 2.71 bits per heavy atom. The summed E-state index contributed by atoms with van der Waals surface area (Å²) >= 11 is 0. The highest BCUT2D eigenvalue weighted by molar-refractivity contribution is 7.85. The highest BCUT2D eigenvalue weighted by Gasteiger charge is 2.36. The molecular formula is C8H10F3N3O2S. The number of alkyl halides is 3. The highest BCUT2D eigenvalue weighted by Crippen LogP contribution is 2.19. The molecule has 0 fully saturated rings. The molecule has 5 nitrogen and oxygen atoms in total. The van der Waals surface area contributed by atoms with Crippen LogP contribution in [0, 0.1) is 0 Å². The second-order valence-corrected chi connectivity index (χ2v) is 4.69. The fourth-order valence-electron chi connectivity index (χ4n) is 1.000. The van der Waals surface area contributed by atoms with E-state index in [-0.39, 0.29) is 12.2 Å². The molecule has 1 aromatic rings. The van der Waals surface area contributed by atoms with Crippen LogP contribution in [0.1, 0.15) is 10.5 Å². The molecule has 9 heteroatoms. The summed E-state index contributed by atoms with van der Waals surface area (Å²) in [7, 11) is -1.34. The Labute approximate surface area is 97.4 Å². The molecule has 0 aliphatic heterocycles. The molecule has 0 saturated heterocycles. The maximum Gasteiger partial charge on any atom is 0.471 e. The number of nitrogens with one attached hydrogen (secondary N) is 1. The molecular weight excluding hydrogens is 259 g/mol. The zero-order chi connectivity index (χ0) is 13.1. The van der Waals surface area contributed by atoms with Crippen LogP contribution in [0.2, 0.25) is 0 Å². The Kier molecular flexibility index (Phi) is 4.27. The molecule has 1 heterocycles. The summed E-state index contributed by atoms with van der Waals surface area (Å²) in [5.74, 6) is -1.26. The summed E-state index contributed by atoms with van der Waals surface area (Å²) in [4.78, 5) is 11.3. The average Bonchev–Trinajstić information content (AvgIpc) is 2.63. The van der Waals surface area contributed by atoms with Crippen LogP contribution in [0.3, 0.4) is 0 Å². The summed E-state index contributed by atoms with van der Waals surface area (Å²) in [6.45, 7) is -0.318. The summed E-state index contributed by atoms with van der Waals surface area (Å²) in [6.07, 6.45) is 1.53. The third-order valence-electron chi connectivity index (χ3n) is 1.78. The lowest BCUT2D eigenvalue weighted by molar-refractivity contribution is -0.0384. The molecule has 96 valence electrons. The molecule has 0 aliphatic carbocycles. The SMILES string of the molecule is Cn1ccc(C(=O)NCCS(=O)C(F)(F)F)n1. The van der Waals surface area contributed by atoms with E-state index >= 15 is 0 Å². The number of hydrogen-bond donors (Lipinski definition) is 1. The van der Waals surface area contributed by atoms with Crippen LogP contribution in [0.25, 0.3) is 0 Å². The molecule has 0 radical (unpaired) electrons. The maximum absolute atomic E-state index is 11.9. The van der Waals surface area contributed by atoms with Crippen molar-refractivity contribution in [2.45, 2.75) is 5.51 Å². The molecule has 0 saturated carbocycles. The van der Waals surface area contributed by atoms with Gasteiger partial charge in [-0.1, -0.05) is 0 Å². The minimum absolute atomic E-state index is 0.102. The monoisotopic (exact) mass is 269 g/mol. The number of nitrogens with zero attached hydrogens (tertiary/aromatic N) is 2. The van der Waals surface area contributed by atoms with Crippen LogP contribution in [0.4, 0.5) is 13.2 Å². The van der Waals surface area contributed by atoms with Crippen molar-refractivity contribution in [3.8, 4) is 0 Å². The van der Waals surface area contributed by atoms with Crippen LogP contribution in [-0.2, 0) is 17.8 Å². The van der Waals surface area contributed by atoms with Gasteiger partial charge in [0.15, 0.2) is 0 Å². The lowest BCUT2D eigenvalue weighted by Crippen LogP contribution is -2.31. The molecule has 17 heavy (non-hydrogen) atoms. The first-order valence-corrected chi connectivity index (χ1v) is 5.85. The Morgan fingerprint density at radius 1 is 1.59 bits per heavy atom. The zero-order valence-corrected chi connectivity index (χ0v) is 9.64. The summed E-state index contributed by atoms with van der Waals surface area (Å²) in [6, 6.07) is 1.43. The van der Waals surface area contributed by atoms with Gasteiger partial charge in [-0.05, 0) is 6.07 Å².